The fraction of sp³-hybridized carbons (Fsp3) is 0.231. The van der Waals surface area contributed by atoms with Gasteiger partial charge in [0.2, 0.25) is 0 Å². The molecule has 96 valence electrons. The van der Waals surface area contributed by atoms with E-state index < -0.39 is 5.97 Å². The van der Waals surface area contributed by atoms with Crippen molar-refractivity contribution in [1.82, 2.24) is 5.32 Å². The highest BCUT2D eigenvalue weighted by molar-refractivity contribution is 6.31. The molecule has 0 spiro atoms. The molecule has 0 saturated carbocycles. The first kappa shape index (κ1) is 14.3. The average Bonchev–Trinajstić information content (AvgIpc) is 2.36. The molecule has 4 nitrogen and oxygen atoms in total. The van der Waals surface area contributed by atoms with Gasteiger partial charge in [0.15, 0.2) is 6.61 Å². The number of carbonyl (C=O) groups excluding carboxylic acids is 2. The van der Waals surface area contributed by atoms with Gasteiger partial charge >= 0.3 is 5.97 Å². The van der Waals surface area contributed by atoms with Crippen LogP contribution < -0.4 is 5.32 Å². The Morgan fingerprint density at radius 3 is 2.78 bits per heavy atom. The molecule has 0 aliphatic carbocycles. The second kappa shape index (κ2) is 7.50. The van der Waals surface area contributed by atoms with E-state index in [9.17, 15) is 9.59 Å². The highest BCUT2D eigenvalue weighted by atomic mass is 35.5. The Kier molecular flexibility index (Phi) is 5.94. The lowest BCUT2D eigenvalue weighted by Gasteiger charge is -2.06. The van der Waals surface area contributed by atoms with Crippen LogP contribution in [0, 0.1) is 0 Å². The van der Waals surface area contributed by atoms with Crippen molar-refractivity contribution in [3.8, 4) is 0 Å². The maximum absolute atomic E-state index is 11.4. The molecule has 0 saturated heterocycles. The molecule has 1 aromatic rings. The SMILES string of the molecule is C/C=C/C(=O)OCC(=O)NCc1ccccc1Cl. The summed E-state index contributed by atoms with van der Waals surface area (Å²) >= 11 is 5.93. The zero-order valence-electron chi connectivity index (χ0n) is 9.98. The summed E-state index contributed by atoms with van der Waals surface area (Å²) in [5.74, 6) is -0.904. The van der Waals surface area contributed by atoms with E-state index >= 15 is 0 Å². The number of halogens is 1. The van der Waals surface area contributed by atoms with Crippen LogP contribution in [-0.4, -0.2) is 18.5 Å². The number of hydrogen-bond acceptors (Lipinski definition) is 3. The zero-order valence-corrected chi connectivity index (χ0v) is 10.7. The Hall–Kier alpha value is -1.81. The van der Waals surface area contributed by atoms with E-state index in [1.807, 2.05) is 18.2 Å². The second-order valence-electron chi connectivity index (χ2n) is 3.48. The van der Waals surface area contributed by atoms with Crippen LogP contribution in [-0.2, 0) is 20.9 Å². The van der Waals surface area contributed by atoms with Gasteiger partial charge in [0.25, 0.3) is 5.91 Å². The van der Waals surface area contributed by atoms with Crippen molar-refractivity contribution in [1.29, 1.82) is 0 Å². The van der Waals surface area contributed by atoms with Crippen molar-refractivity contribution in [2.45, 2.75) is 13.5 Å². The summed E-state index contributed by atoms with van der Waals surface area (Å²) in [6.45, 7) is 1.70. The summed E-state index contributed by atoms with van der Waals surface area (Å²) in [7, 11) is 0. The Balaban J connectivity index is 2.34. The normalized spacial score (nSPS) is 10.3. The van der Waals surface area contributed by atoms with Gasteiger partial charge in [0, 0.05) is 17.6 Å². The van der Waals surface area contributed by atoms with Gasteiger partial charge in [-0.3, -0.25) is 4.79 Å². The molecule has 1 aromatic carbocycles. The predicted molar refractivity (Wildman–Crippen MR) is 69.1 cm³/mol. The number of carbonyl (C=O) groups is 2. The molecule has 0 heterocycles. The van der Waals surface area contributed by atoms with Gasteiger partial charge < -0.3 is 10.1 Å². The summed E-state index contributed by atoms with van der Waals surface area (Å²) in [5.41, 5.74) is 0.812. The Bertz CT molecular complexity index is 457. The first-order valence-electron chi connectivity index (χ1n) is 5.43. The van der Waals surface area contributed by atoms with E-state index in [2.05, 4.69) is 5.32 Å². The van der Waals surface area contributed by atoms with E-state index in [1.165, 1.54) is 6.08 Å². The van der Waals surface area contributed by atoms with Gasteiger partial charge in [-0.1, -0.05) is 35.9 Å². The molecule has 0 aromatic heterocycles. The first-order valence-corrected chi connectivity index (χ1v) is 5.81. The number of benzene rings is 1. The highest BCUT2D eigenvalue weighted by Crippen LogP contribution is 2.14. The van der Waals surface area contributed by atoms with E-state index in [-0.39, 0.29) is 12.5 Å². The van der Waals surface area contributed by atoms with Gasteiger partial charge in [-0.25, -0.2) is 4.79 Å². The third-order valence-corrected chi connectivity index (χ3v) is 2.45. The van der Waals surface area contributed by atoms with Crippen LogP contribution in [0.1, 0.15) is 12.5 Å². The van der Waals surface area contributed by atoms with E-state index in [1.54, 1.807) is 19.1 Å². The van der Waals surface area contributed by atoms with Gasteiger partial charge in [-0.2, -0.15) is 0 Å². The maximum Gasteiger partial charge on any atom is 0.330 e. The van der Waals surface area contributed by atoms with Crippen LogP contribution in [0.25, 0.3) is 0 Å². The average molecular weight is 268 g/mol. The van der Waals surface area contributed by atoms with Crippen molar-refractivity contribution in [3.63, 3.8) is 0 Å². The van der Waals surface area contributed by atoms with Crippen LogP contribution in [0.15, 0.2) is 36.4 Å². The molecule has 0 fully saturated rings. The molecule has 1 N–H and O–H groups in total. The lowest BCUT2D eigenvalue weighted by Crippen LogP contribution is -2.28. The summed E-state index contributed by atoms with van der Waals surface area (Å²) in [6.07, 6.45) is 2.80. The Labute approximate surface area is 111 Å². The van der Waals surface area contributed by atoms with E-state index in [0.29, 0.717) is 11.6 Å². The van der Waals surface area contributed by atoms with Gasteiger partial charge in [-0.15, -0.1) is 0 Å². The minimum Gasteiger partial charge on any atom is -0.452 e. The minimum atomic E-state index is -0.537. The quantitative estimate of drug-likeness (QED) is 0.656. The summed E-state index contributed by atoms with van der Waals surface area (Å²) in [6, 6.07) is 7.20. The fourth-order valence-electron chi connectivity index (χ4n) is 1.21. The number of rotatable bonds is 5. The predicted octanol–water partition coefficient (Wildman–Crippen LogP) is 2.08. The Morgan fingerprint density at radius 2 is 2.11 bits per heavy atom. The van der Waals surface area contributed by atoms with Crippen LogP contribution in [0.3, 0.4) is 0 Å². The number of esters is 1. The third-order valence-electron chi connectivity index (χ3n) is 2.08. The molecule has 5 heteroatoms. The van der Waals surface area contributed by atoms with Crippen molar-refractivity contribution < 1.29 is 14.3 Å². The first-order chi connectivity index (χ1) is 8.63. The monoisotopic (exact) mass is 267 g/mol. The van der Waals surface area contributed by atoms with Gasteiger partial charge in [0.05, 0.1) is 0 Å². The molecule has 0 aliphatic rings. The maximum atomic E-state index is 11.4. The number of allylic oxidation sites excluding steroid dienone is 1. The van der Waals surface area contributed by atoms with E-state index in [4.69, 9.17) is 16.3 Å². The van der Waals surface area contributed by atoms with Crippen LogP contribution >= 0.6 is 11.6 Å². The lowest BCUT2D eigenvalue weighted by molar-refractivity contribution is -0.143. The molecule has 0 bridgehead atoms. The lowest BCUT2D eigenvalue weighted by atomic mass is 10.2. The second-order valence-corrected chi connectivity index (χ2v) is 3.88. The standard InChI is InChI=1S/C13H14ClNO3/c1-2-5-13(17)18-9-12(16)15-8-10-6-3-4-7-11(10)14/h2-7H,8-9H2,1H3,(H,15,16)/b5-2+. The van der Waals surface area contributed by atoms with Gasteiger partial charge in [-0.05, 0) is 18.6 Å². The molecule has 0 aliphatic heterocycles. The smallest absolute Gasteiger partial charge is 0.330 e. The van der Waals surface area contributed by atoms with Gasteiger partial charge in [0.1, 0.15) is 0 Å². The fourth-order valence-corrected chi connectivity index (χ4v) is 1.41. The van der Waals surface area contributed by atoms with Crippen molar-refractivity contribution in [2.24, 2.45) is 0 Å². The van der Waals surface area contributed by atoms with Crippen molar-refractivity contribution in [2.75, 3.05) is 6.61 Å². The number of amides is 1. The summed E-state index contributed by atoms with van der Waals surface area (Å²) in [5, 5.41) is 3.20. The Morgan fingerprint density at radius 1 is 1.39 bits per heavy atom. The number of hydrogen-bond donors (Lipinski definition) is 1. The molecule has 0 atom stereocenters. The third kappa shape index (κ3) is 5.01. The molecule has 0 unspecified atom stereocenters. The molecule has 0 radical (unpaired) electrons. The number of ether oxygens (including phenoxy) is 1. The highest BCUT2D eigenvalue weighted by Gasteiger charge is 2.05. The van der Waals surface area contributed by atoms with E-state index in [0.717, 1.165) is 5.56 Å². The van der Waals surface area contributed by atoms with Crippen molar-refractivity contribution in [3.05, 3.63) is 47.0 Å². The molecular formula is C13H14ClNO3. The molecule has 1 rings (SSSR count). The molecule has 1 amide bonds. The van der Waals surface area contributed by atoms with Crippen LogP contribution in [0.5, 0.6) is 0 Å². The van der Waals surface area contributed by atoms with Crippen LogP contribution in [0.4, 0.5) is 0 Å². The zero-order chi connectivity index (χ0) is 13.4. The molecule has 18 heavy (non-hydrogen) atoms. The molecular weight excluding hydrogens is 254 g/mol. The van der Waals surface area contributed by atoms with Crippen LogP contribution in [0.2, 0.25) is 5.02 Å². The summed E-state index contributed by atoms with van der Waals surface area (Å²) in [4.78, 5) is 22.3. The largest absolute Gasteiger partial charge is 0.452 e. The number of nitrogens with one attached hydrogen (secondary N) is 1. The minimum absolute atomic E-state index is 0.298. The topological polar surface area (TPSA) is 55.4 Å². The summed E-state index contributed by atoms with van der Waals surface area (Å²) < 4.78 is 4.69. The van der Waals surface area contributed by atoms with Crippen molar-refractivity contribution >= 4 is 23.5 Å².